The molecule has 2 atom stereocenters. The molecule has 0 spiro atoms. The van der Waals surface area contributed by atoms with Gasteiger partial charge in [0.1, 0.15) is 0 Å². The smallest absolute Gasteiger partial charge is 0.305 e. The number of allylic oxidation sites excluding steroid dienone is 5. The summed E-state index contributed by atoms with van der Waals surface area (Å²) < 4.78 is 5.46. The van der Waals surface area contributed by atoms with Crippen LogP contribution in [0.2, 0.25) is 0 Å². The summed E-state index contributed by atoms with van der Waals surface area (Å²) in [6.07, 6.45) is 73.4. The van der Waals surface area contributed by atoms with Crippen molar-refractivity contribution in [3.63, 3.8) is 0 Å². The Kier molecular flexibility index (Phi) is 57.0. The average molecular weight is 971 g/mol. The Morgan fingerprint density at radius 3 is 1.07 bits per heavy atom. The number of hydrogen-bond donors (Lipinski definition) is 3. The van der Waals surface area contributed by atoms with Crippen molar-refractivity contribution in [2.75, 3.05) is 13.2 Å². The third kappa shape index (κ3) is 55.2. The van der Waals surface area contributed by atoms with Crippen molar-refractivity contribution in [2.24, 2.45) is 0 Å². The van der Waals surface area contributed by atoms with Crippen LogP contribution in [0.15, 0.2) is 36.5 Å². The number of carbonyl (C=O) groups is 2. The van der Waals surface area contributed by atoms with Gasteiger partial charge in [-0.05, 0) is 77.0 Å². The van der Waals surface area contributed by atoms with Crippen molar-refractivity contribution in [2.45, 2.75) is 341 Å². The third-order valence-corrected chi connectivity index (χ3v) is 14.1. The predicted octanol–water partition coefficient (Wildman–Crippen LogP) is 19.2. The van der Waals surface area contributed by atoms with E-state index in [0.717, 1.165) is 44.9 Å². The topological polar surface area (TPSA) is 95.9 Å². The second-order valence-electron chi connectivity index (χ2n) is 21.0. The molecule has 6 heteroatoms. The monoisotopic (exact) mass is 970 g/mol. The first kappa shape index (κ1) is 67.1. The Labute approximate surface area is 430 Å². The first-order valence-electron chi connectivity index (χ1n) is 30.8. The molecule has 0 fully saturated rings. The summed E-state index contributed by atoms with van der Waals surface area (Å²) in [5.74, 6) is -0.0626. The fourth-order valence-electron chi connectivity index (χ4n) is 9.38. The lowest BCUT2D eigenvalue weighted by molar-refractivity contribution is -0.143. The fourth-order valence-corrected chi connectivity index (χ4v) is 9.38. The summed E-state index contributed by atoms with van der Waals surface area (Å²) in [6, 6.07) is -0.626. The molecule has 0 aliphatic rings. The van der Waals surface area contributed by atoms with Crippen LogP contribution in [0.3, 0.4) is 0 Å². The highest BCUT2D eigenvalue weighted by Crippen LogP contribution is 2.17. The normalized spacial score (nSPS) is 12.8. The summed E-state index contributed by atoms with van der Waals surface area (Å²) in [6.45, 7) is 4.87. The molecular weight excluding hydrogens is 851 g/mol. The van der Waals surface area contributed by atoms with Gasteiger partial charge < -0.3 is 20.3 Å². The van der Waals surface area contributed by atoms with Crippen LogP contribution >= 0.6 is 0 Å². The molecule has 0 aromatic rings. The van der Waals surface area contributed by atoms with E-state index in [0.29, 0.717) is 19.4 Å². The number of aliphatic hydroxyl groups excluding tert-OH is 2. The molecule has 69 heavy (non-hydrogen) atoms. The number of esters is 1. The van der Waals surface area contributed by atoms with Gasteiger partial charge in [0.05, 0.1) is 25.4 Å². The van der Waals surface area contributed by atoms with Crippen molar-refractivity contribution in [1.29, 1.82) is 0 Å². The van der Waals surface area contributed by atoms with Crippen LogP contribution in [-0.2, 0) is 14.3 Å². The van der Waals surface area contributed by atoms with Crippen LogP contribution in [0, 0.1) is 0 Å². The van der Waals surface area contributed by atoms with Gasteiger partial charge >= 0.3 is 5.97 Å². The third-order valence-electron chi connectivity index (χ3n) is 14.1. The maximum atomic E-state index is 12.4. The summed E-state index contributed by atoms with van der Waals surface area (Å²) >= 11 is 0. The van der Waals surface area contributed by atoms with E-state index in [4.69, 9.17) is 4.74 Å². The molecular formula is C63H119NO5. The Bertz CT molecular complexity index is 1120. The minimum Gasteiger partial charge on any atom is -0.466 e. The highest BCUT2D eigenvalue weighted by molar-refractivity contribution is 5.76. The lowest BCUT2D eigenvalue weighted by atomic mass is 10.0. The Morgan fingerprint density at radius 2 is 0.696 bits per heavy atom. The van der Waals surface area contributed by atoms with Crippen LogP contribution < -0.4 is 5.32 Å². The van der Waals surface area contributed by atoms with Crippen molar-refractivity contribution in [3.05, 3.63) is 36.5 Å². The molecule has 0 saturated heterocycles. The first-order chi connectivity index (χ1) is 34.0. The Morgan fingerprint density at radius 1 is 0.391 bits per heavy atom. The molecule has 0 rings (SSSR count). The first-order valence-corrected chi connectivity index (χ1v) is 30.8. The van der Waals surface area contributed by atoms with Gasteiger partial charge in [0.2, 0.25) is 5.91 Å². The zero-order chi connectivity index (χ0) is 50.0. The molecule has 0 aromatic carbocycles. The molecule has 406 valence electrons. The lowest BCUT2D eigenvalue weighted by Gasteiger charge is -2.20. The number of amides is 1. The number of ether oxygens (including phenoxy) is 1. The molecule has 0 bridgehead atoms. The number of carbonyl (C=O) groups excluding carboxylic acids is 2. The van der Waals surface area contributed by atoms with Gasteiger partial charge in [0, 0.05) is 12.8 Å². The van der Waals surface area contributed by atoms with Gasteiger partial charge in [0.25, 0.3) is 0 Å². The standard InChI is InChI=1S/C63H119NO5/c1-3-5-7-9-11-13-15-36-39-43-47-51-55-61(66)60(59-65)64-62(67)56-52-48-44-40-37-33-31-29-27-25-23-21-19-17-16-18-20-22-24-26-28-30-32-34-38-42-46-50-54-58-69-63(68)57-53-49-45-41-35-14-12-10-8-6-4-2/h10,12,16,18,51,55,60-61,65-66H,3-9,11,13-15,17,19-50,52-54,56-59H2,1-2H3,(H,64,67)/b12-10-,18-16-,55-51+. The van der Waals surface area contributed by atoms with E-state index in [1.54, 1.807) is 6.08 Å². The predicted molar refractivity (Wildman–Crippen MR) is 301 cm³/mol. The second-order valence-corrected chi connectivity index (χ2v) is 21.0. The molecule has 0 aliphatic carbocycles. The largest absolute Gasteiger partial charge is 0.466 e. The van der Waals surface area contributed by atoms with E-state index < -0.39 is 12.1 Å². The van der Waals surface area contributed by atoms with E-state index in [1.807, 2.05) is 6.08 Å². The fraction of sp³-hybridized carbons (Fsp3) is 0.873. The van der Waals surface area contributed by atoms with Gasteiger partial charge in [0.15, 0.2) is 0 Å². The van der Waals surface area contributed by atoms with Crippen molar-refractivity contribution >= 4 is 11.9 Å². The number of rotatable bonds is 57. The van der Waals surface area contributed by atoms with E-state index in [2.05, 4.69) is 43.5 Å². The zero-order valence-corrected chi connectivity index (χ0v) is 46.3. The number of aliphatic hydroxyl groups is 2. The van der Waals surface area contributed by atoms with E-state index in [-0.39, 0.29) is 18.5 Å². The van der Waals surface area contributed by atoms with Gasteiger partial charge in [-0.1, -0.05) is 275 Å². The van der Waals surface area contributed by atoms with Gasteiger partial charge in [-0.3, -0.25) is 9.59 Å². The van der Waals surface area contributed by atoms with Crippen molar-refractivity contribution < 1.29 is 24.5 Å². The van der Waals surface area contributed by atoms with Gasteiger partial charge in [-0.2, -0.15) is 0 Å². The highest BCUT2D eigenvalue weighted by atomic mass is 16.5. The minimum atomic E-state index is -0.842. The SMILES string of the molecule is CCCC/C=C\CCCCCCCC(=O)OCCCCCCCCCCCCCC/C=C\CCCCCCCCCCCCCCCC(=O)NC(CO)C(O)/C=C/CCCCCCCCCCCC. The maximum absolute atomic E-state index is 12.4. The molecule has 0 aromatic heterocycles. The van der Waals surface area contributed by atoms with Gasteiger partial charge in [-0.15, -0.1) is 0 Å². The van der Waals surface area contributed by atoms with E-state index >= 15 is 0 Å². The Hall–Kier alpha value is -1.92. The molecule has 0 saturated carbocycles. The van der Waals surface area contributed by atoms with Crippen LogP contribution in [0.5, 0.6) is 0 Å². The average Bonchev–Trinajstić information content (AvgIpc) is 3.35. The van der Waals surface area contributed by atoms with Crippen LogP contribution in [-0.4, -0.2) is 47.4 Å². The second kappa shape index (κ2) is 58.6. The quantitative estimate of drug-likeness (QED) is 0.0321. The summed E-state index contributed by atoms with van der Waals surface area (Å²) in [5.41, 5.74) is 0. The molecule has 0 radical (unpaired) electrons. The minimum absolute atomic E-state index is 0.00478. The van der Waals surface area contributed by atoms with Gasteiger partial charge in [-0.25, -0.2) is 0 Å². The van der Waals surface area contributed by atoms with Crippen LogP contribution in [0.1, 0.15) is 328 Å². The molecule has 1 amide bonds. The van der Waals surface area contributed by atoms with Crippen LogP contribution in [0.4, 0.5) is 0 Å². The summed E-state index contributed by atoms with van der Waals surface area (Å²) in [7, 11) is 0. The summed E-state index contributed by atoms with van der Waals surface area (Å²) in [4.78, 5) is 24.4. The molecule has 0 heterocycles. The Balaban J connectivity index is 3.38. The molecule has 0 aliphatic heterocycles. The van der Waals surface area contributed by atoms with Crippen LogP contribution in [0.25, 0.3) is 0 Å². The van der Waals surface area contributed by atoms with E-state index in [1.165, 1.54) is 257 Å². The highest BCUT2D eigenvalue weighted by Gasteiger charge is 2.18. The maximum Gasteiger partial charge on any atom is 0.305 e. The number of hydrogen-bond acceptors (Lipinski definition) is 5. The molecule has 6 nitrogen and oxygen atoms in total. The molecule has 3 N–H and O–H groups in total. The number of nitrogens with one attached hydrogen (secondary N) is 1. The number of unbranched alkanes of at least 4 members (excludes halogenated alkanes) is 42. The van der Waals surface area contributed by atoms with Crippen molar-refractivity contribution in [1.82, 2.24) is 5.32 Å². The van der Waals surface area contributed by atoms with E-state index in [9.17, 15) is 19.8 Å². The lowest BCUT2D eigenvalue weighted by Crippen LogP contribution is -2.45. The van der Waals surface area contributed by atoms with Crippen molar-refractivity contribution in [3.8, 4) is 0 Å². The molecule has 2 unspecified atom stereocenters. The summed E-state index contributed by atoms with van der Waals surface area (Å²) in [5, 5.41) is 23.1. The zero-order valence-electron chi connectivity index (χ0n) is 46.3.